The summed E-state index contributed by atoms with van der Waals surface area (Å²) in [7, 11) is 1.77. The van der Waals surface area contributed by atoms with Gasteiger partial charge in [0.05, 0.1) is 7.11 Å². The molecule has 2 atom stereocenters. The number of hydrogen-bond donors (Lipinski definition) is 1. The zero-order valence-corrected chi connectivity index (χ0v) is 12.7. The highest BCUT2D eigenvalue weighted by Gasteiger charge is 2.26. The molecule has 1 aliphatic carbocycles. The fourth-order valence-corrected chi connectivity index (χ4v) is 2.63. The second-order valence-electron chi connectivity index (χ2n) is 5.92. The maximum atomic E-state index is 5.57. The van der Waals surface area contributed by atoms with Gasteiger partial charge >= 0.3 is 0 Å². The molecule has 2 unspecified atom stereocenters. The maximum Gasteiger partial charge on any atom is 0.122 e. The Morgan fingerprint density at radius 3 is 2.68 bits per heavy atom. The molecule has 0 amide bonds. The predicted molar refractivity (Wildman–Crippen MR) is 81.0 cm³/mol. The van der Waals surface area contributed by atoms with E-state index in [1.165, 1.54) is 30.4 Å². The first-order valence-corrected chi connectivity index (χ1v) is 7.53. The Morgan fingerprint density at radius 1 is 1.37 bits per heavy atom. The van der Waals surface area contributed by atoms with Gasteiger partial charge in [-0.25, -0.2) is 0 Å². The molecular formula is C17H27NO. The fraction of sp³-hybridized carbons (Fsp3) is 0.647. The number of benzene rings is 1. The van der Waals surface area contributed by atoms with Gasteiger partial charge in [-0.05, 0) is 37.3 Å². The number of ether oxygens (including phenoxy) is 1. The van der Waals surface area contributed by atoms with Gasteiger partial charge in [0.2, 0.25) is 0 Å². The molecule has 0 bridgehead atoms. The second kappa shape index (κ2) is 6.42. The van der Waals surface area contributed by atoms with Crippen LogP contribution in [0.3, 0.4) is 0 Å². The zero-order valence-electron chi connectivity index (χ0n) is 12.7. The Bertz CT molecular complexity index is 412. The minimum atomic E-state index is 0.542. The SMILES string of the molecule is CCC(C)C(CNC1CC1)c1cc(C)ccc1OC. The van der Waals surface area contributed by atoms with Gasteiger partial charge in [-0.3, -0.25) is 0 Å². The number of hydrogen-bond acceptors (Lipinski definition) is 2. The highest BCUT2D eigenvalue weighted by atomic mass is 16.5. The molecule has 2 nitrogen and oxygen atoms in total. The van der Waals surface area contributed by atoms with Crippen LogP contribution in [0.5, 0.6) is 5.75 Å². The van der Waals surface area contributed by atoms with E-state index in [0.29, 0.717) is 11.8 Å². The Morgan fingerprint density at radius 2 is 2.11 bits per heavy atom. The number of aryl methyl sites for hydroxylation is 1. The van der Waals surface area contributed by atoms with Crippen molar-refractivity contribution in [1.29, 1.82) is 0 Å². The van der Waals surface area contributed by atoms with Crippen molar-refractivity contribution >= 4 is 0 Å². The minimum absolute atomic E-state index is 0.542. The third kappa shape index (κ3) is 3.73. The van der Waals surface area contributed by atoms with Crippen LogP contribution in [0, 0.1) is 12.8 Å². The summed E-state index contributed by atoms with van der Waals surface area (Å²) in [6, 6.07) is 7.30. The van der Waals surface area contributed by atoms with Gasteiger partial charge in [-0.15, -0.1) is 0 Å². The lowest BCUT2D eigenvalue weighted by atomic mass is 9.84. The molecule has 19 heavy (non-hydrogen) atoms. The van der Waals surface area contributed by atoms with Crippen molar-refractivity contribution in [3.8, 4) is 5.75 Å². The normalized spacial score (nSPS) is 18.1. The molecule has 1 aromatic carbocycles. The lowest BCUT2D eigenvalue weighted by molar-refractivity contribution is 0.376. The largest absolute Gasteiger partial charge is 0.496 e. The summed E-state index contributed by atoms with van der Waals surface area (Å²) < 4.78 is 5.57. The molecule has 0 spiro atoms. The van der Waals surface area contributed by atoms with E-state index in [1.54, 1.807) is 7.11 Å². The second-order valence-corrected chi connectivity index (χ2v) is 5.92. The van der Waals surface area contributed by atoms with Crippen LogP contribution in [0.15, 0.2) is 18.2 Å². The van der Waals surface area contributed by atoms with Gasteiger partial charge in [0, 0.05) is 18.5 Å². The van der Waals surface area contributed by atoms with Gasteiger partial charge in [0.25, 0.3) is 0 Å². The first-order valence-electron chi connectivity index (χ1n) is 7.53. The molecule has 1 N–H and O–H groups in total. The van der Waals surface area contributed by atoms with E-state index in [-0.39, 0.29) is 0 Å². The van der Waals surface area contributed by atoms with E-state index in [0.717, 1.165) is 18.3 Å². The van der Waals surface area contributed by atoms with Gasteiger partial charge in [-0.2, -0.15) is 0 Å². The molecule has 1 fully saturated rings. The van der Waals surface area contributed by atoms with E-state index in [9.17, 15) is 0 Å². The van der Waals surface area contributed by atoms with Crippen molar-refractivity contribution in [2.75, 3.05) is 13.7 Å². The van der Waals surface area contributed by atoms with E-state index in [4.69, 9.17) is 4.74 Å². The third-order valence-corrected chi connectivity index (χ3v) is 4.32. The van der Waals surface area contributed by atoms with Gasteiger partial charge in [0.15, 0.2) is 0 Å². The Kier molecular flexibility index (Phi) is 4.87. The smallest absolute Gasteiger partial charge is 0.122 e. The van der Waals surface area contributed by atoms with Crippen molar-refractivity contribution in [2.45, 2.75) is 52.0 Å². The lowest BCUT2D eigenvalue weighted by Crippen LogP contribution is -2.27. The van der Waals surface area contributed by atoms with E-state index >= 15 is 0 Å². The van der Waals surface area contributed by atoms with Crippen molar-refractivity contribution < 1.29 is 4.74 Å². The summed E-state index contributed by atoms with van der Waals surface area (Å²) in [5.41, 5.74) is 2.68. The fourth-order valence-electron chi connectivity index (χ4n) is 2.63. The van der Waals surface area contributed by atoms with Crippen LogP contribution in [-0.2, 0) is 0 Å². The molecule has 1 saturated carbocycles. The van der Waals surface area contributed by atoms with Gasteiger partial charge in [-0.1, -0.05) is 38.0 Å². The van der Waals surface area contributed by atoms with Crippen LogP contribution in [-0.4, -0.2) is 19.7 Å². The predicted octanol–water partition coefficient (Wildman–Crippen LogP) is 3.89. The molecular weight excluding hydrogens is 234 g/mol. The molecule has 0 heterocycles. The molecule has 1 aromatic rings. The van der Waals surface area contributed by atoms with Crippen molar-refractivity contribution in [2.24, 2.45) is 5.92 Å². The average molecular weight is 261 g/mol. The molecule has 1 aliphatic rings. The van der Waals surface area contributed by atoms with Crippen LogP contribution in [0.25, 0.3) is 0 Å². The zero-order chi connectivity index (χ0) is 13.8. The van der Waals surface area contributed by atoms with E-state index < -0.39 is 0 Å². The Labute approximate surface area is 117 Å². The number of methoxy groups -OCH3 is 1. The Balaban J connectivity index is 2.21. The summed E-state index contributed by atoms with van der Waals surface area (Å²) in [6.45, 7) is 7.85. The van der Waals surface area contributed by atoms with E-state index in [1.807, 2.05) is 0 Å². The molecule has 106 valence electrons. The standard InChI is InChI=1S/C17H27NO/c1-5-13(3)16(11-18-14-7-8-14)15-10-12(2)6-9-17(15)19-4/h6,9-10,13-14,16,18H,5,7-8,11H2,1-4H3. The molecule has 0 radical (unpaired) electrons. The van der Waals surface area contributed by atoms with Crippen molar-refractivity contribution in [1.82, 2.24) is 5.32 Å². The van der Waals surface area contributed by atoms with Gasteiger partial charge < -0.3 is 10.1 Å². The molecule has 2 rings (SSSR count). The van der Waals surface area contributed by atoms with Crippen molar-refractivity contribution in [3.63, 3.8) is 0 Å². The van der Waals surface area contributed by atoms with Crippen LogP contribution >= 0.6 is 0 Å². The summed E-state index contributed by atoms with van der Waals surface area (Å²) in [5, 5.41) is 3.69. The molecule has 2 heteroatoms. The average Bonchev–Trinajstić information content (AvgIpc) is 3.23. The maximum absolute atomic E-state index is 5.57. The quantitative estimate of drug-likeness (QED) is 0.804. The van der Waals surface area contributed by atoms with Crippen LogP contribution in [0.1, 0.15) is 50.2 Å². The summed E-state index contributed by atoms with van der Waals surface area (Å²) in [4.78, 5) is 0. The lowest BCUT2D eigenvalue weighted by Gasteiger charge is -2.26. The highest BCUT2D eigenvalue weighted by molar-refractivity contribution is 5.40. The molecule has 0 aliphatic heterocycles. The minimum Gasteiger partial charge on any atom is -0.496 e. The topological polar surface area (TPSA) is 21.3 Å². The van der Waals surface area contributed by atoms with Crippen LogP contribution in [0.2, 0.25) is 0 Å². The highest BCUT2D eigenvalue weighted by Crippen LogP contribution is 2.34. The van der Waals surface area contributed by atoms with Gasteiger partial charge in [0.1, 0.15) is 5.75 Å². The summed E-state index contributed by atoms with van der Waals surface area (Å²) >= 11 is 0. The molecule has 0 aromatic heterocycles. The first kappa shape index (κ1) is 14.4. The van der Waals surface area contributed by atoms with Crippen LogP contribution < -0.4 is 10.1 Å². The third-order valence-electron chi connectivity index (χ3n) is 4.32. The summed E-state index contributed by atoms with van der Waals surface area (Å²) in [6.07, 6.45) is 3.89. The van der Waals surface area contributed by atoms with Crippen LogP contribution in [0.4, 0.5) is 0 Å². The number of rotatable bonds is 7. The molecule has 0 saturated heterocycles. The monoisotopic (exact) mass is 261 g/mol. The Hall–Kier alpha value is -1.02. The number of nitrogens with one attached hydrogen (secondary N) is 1. The first-order chi connectivity index (χ1) is 9.15. The summed E-state index contributed by atoms with van der Waals surface area (Å²) in [5.74, 6) is 2.25. The van der Waals surface area contributed by atoms with Crippen molar-refractivity contribution in [3.05, 3.63) is 29.3 Å². The van der Waals surface area contributed by atoms with E-state index in [2.05, 4.69) is 44.3 Å².